The molecule has 1 aliphatic rings. The normalized spacial score (nSPS) is 16.6. The molecule has 0 radical (unpaired) electrons. The second kappa shape index (κ2) is 9.90. The van der Waals surface area contributed by atoms with Crippen LogP contribution in [0.25, 0.3) is 11.1 Å². The molecule has 0 unspecified atom stereocenters. The van der Waals surface area contributed by atoms with E-state index in [1.807, 2.05) is 0 Å². The molecule has 0 saturated carbocycles. The Labute approximate surface area is 205 Å². The number of benzene rings is 2. The molecule has 1 heterocycles. The third kappa shape index (κ3) is 5.85. The maximum absolute atomic E-state index is 12.8. The van der Waals surface area contributed by atoms with E-state index in [0.717, 1.165) is 17.0 Å². The summed E-state index contributed by atoms with van der Waals surface area (Å²) in [6, 6.07) is 8.02. The number of hydrogen-bond donors (Lipinski definition) is 2. The van der Waals surface area contributed by atoms with E-state index < -0.39 is 57.4 Å². The van der Waals surface area contributed by atoms with Crippen molar-refractivity contribution in [2.24, 2.45) is 0 Å². The van der Waals surface area contributed by atoms with Crippen molar-refractivity contribution in [1.29, 1.82) is 0 Å². The van der Waals surface area contributed by atoms with Crippen LogP contribution in [-0.2, 0) is 25.6 Å². The van der Waals surface area contributed by atoms with E-state index in [4.69, 9.17) is 0 Å². The number of sulfone groups is 1. The van der Waals surface area contributed by atoms with Gasteiger partial charge in [0.2, 0.25) is 6.41 Å². The maximum Gasteiger partial charge on any atom is 0.416 e. The van der Waals surface area contributed by atoms with Crippen LogP contribution in [0.2, 0.25) is 0 Å². The molecule has 9 nitrogen and oxygen atoms in total. The predicted molar refractivity (Wildman–Crippen MR) is 121 cm³/mol. The average Bonchev–Trinajstić information content (AvgIpc) is 3.01. The molecule has 194 valence electrons. The lowest BCUT2D eigenvalue weighted by atomic mass is 10.0. The summed E-state index contributed by atoms with van der Waals surface area (Å²) in [6.45, 7) is 2.56. The molecule has 1 saturated heterocycles. The van der Waals surface area contributed by atoms with Gasteiger partial charge in [0.1, 0.15) is 5.54 Å². The Hall–Kier alpha value is -3.45. The van der Waals surface area contributed by atoms with Gasteiger partial charge in [-0.25, -0.2) is 18.3 Å². The Morgan fingerprint density at radius 3 is 2.03 bits per heavy atom. The zero-order chi connectivity index (χ0) is 26.9. The zero-order valence-corrected chi connectivity index (χ0v) is 20.1. The van der Waals surface area contributed by atoms with Gasteiger partial charge in [0.25, 0.3) is 5.91 Å². The minimum Gasteiger partial charge on any atom is -0.324 e. The van der Waals surface area contributed by atoms with Crippen molar-refractivity contribution in [3.63, 3.8) is 0 Å². The molecular formula is C23H24F3N3O6S. The minimum absolute atomic E-state index is 0.0553. The Balaban J connectivity index is 1.72. The first-order valence-electron chi connectivity index (χ1n) is 10.7. The largest absolute Gasteiger partial charge is 0.416 e. The summed E-state index contributed by atoms with van der Waals surface area (Å²) >= 11 is 0. The van der Waals surface area contributed by atoms with Gasteiger partial charge in [0.05, 0.1) is 28.8 Å². The fourth-order valence-corrected chi connectivity index (χ4v) is 5.07. The SMILES string of the molecule is CC1(C)NC(=O)N(C[C@@H](CCS(=O)(=O)c2ccc(-c3ccc(C(F)(F)F)cc3)cc2)N(O)C=O)C1=O. The van der Waals surface area contributed by atoms with Crippen molar-refractivity contribution >= 4 is 28.2 Å². The molecule has 0 aliphatic carbocycles. The van der Waals surface area contributed by atoms with Gasteiger partial charge in [0.15, 0.2) is 9.84 Å². The van der Waals surface area contributed by atoms with Crippen molar-refractivity contribution in [2.45, 2.75) is 42.9 Å². The molecule has 1 atom stereocenters. The molecule has 2 N–H and O–H groups in total. The first kappa shape index (κ1) is 27.1. The topological polar surface area (TPSA) is 124 Å². The van der Waals surface area contributed by atoms with Gasteiger partial charge in [-0.15, -0.1) is 0 Å². The monoisotopic (exact) mass is 527 g/mol. The highest BCUT2D eigenvalue weighted by molar-refractivity contribution is 7.91. The first-order valence-corrected chi connectivity index (χ1v) is 12.4. The van der Waals surface area contributed by atoms with E-state index >= 15 is 0 Å². The lowest BCUT2D eigenvalue weighted by molar-refractivity contribution is -0.162. The Kier molecular flexibility index (Phi) is 7.46. The summed E-state index contributed by atoms with van der Waals surface area (Å²) in [5.74, 6) is -1.10. The molecule has 0 spiro atoms. The molecule has 3 rings (SSSR count). The Bertz CT molecular complexity index is 1250. The van der Waals surface area contributed by atoms with Gasteiger partial charge in [-0.1, -0.05) is 24.3 Å². The zero-order valence-electron chi connectivity index (χ0n) is 19.3. The molecule has 1 aliphatic heterocycles. The fourth-order valence-electron chi connectivity index (χ4n) is 3.70. The molecule has 2 aromatic rings. The van der Waals surface area contributed by atoms with Crippen LogP contribution in [0.3, 0.4) is 0 Å². The van der Waals surface area contributed by atoms with Crippen molar-refractivity contribution in [3.8, 4) is 11.1 Å². The number of carbonyl (C=O) groups is 3. The molecule has 1 fully saturated rings. The lowest BCUT2D eigenvalue weighted by Crippen LogP contribution is -2.46. The molecule has 4 amide bonds. The number of hydroxylamine groups is 2. The highest BCUT2D eigenvalue weighted by atomic mass is 32.2. The van der Waals surface area contributed by atoms with Crippen molar-refractivity contribution in [3.05, 3.63) is 54.1 Å². The first-order chi connectivity index (χ1) is 16.7. The van der Waals surface area contributed by atoms with Crippen LogP contribution in [0.15, 0.2) is 53.4 Å². The number of urea groups is 1. The summed E-state index contributed by atoms with van der Waals surface area (Å²) in [6.07, 6.45) is -4.69. The highest BCUT2D eigenvalue weighted by Gasteiger charge is 2.45. The number of nitrogens with zero attached hydrogens (tertiary/aromatic N) is 2. The van der Waals surface area contributed by atoms with Crippen LogP contribution in [0.4, 0.5) is 18.0 Å². The number of halogens is 3. The quantitative estimate of drug-likeness (QED) is 0.224. The number of rotatable bonds is 9. The molecule has 0 aromatic heterocycles. The van der Waals surface area contributed by atoms with Gasteiger partial charge >= 0.3 is 12.2 Å². The van der Waals surface area contributed by atoms with Gasteiger partial charge in [-0.2, -0.15) is 13.2 Å². The van der Waals surface area contributed by atoms with Crippen molar-refractivity contribution < 1.29 is 41.2 Å². The fraction of sp³-hybridized carbons (Fsp3) is 0.348. The summed E-state index contributed by atoms with van der Waals surface area (Å²) in [5, 5.41) is 12.6. The number of carbonyl (C=O) groups excluding carboxylic acids is 3. The Morgan fingerprint density at radius 2 is 1.58 bits per heavy atom. The summed E-state index contributed by atoms with van der Waals surface area (Å²) in [4.78, 5) is 36.4. The summed E-state index contributed by atoms with van der Waals surface area (Å²) in [5.41, 5.74) is -1.01. The summed E-state index contributed by atoms with van der Waals surface area (Å²) < 4.78 is 63.9. The smallest absolute Gasteiger partial charge is 0.324 e. The van der Waals surface area contributed by atoms with Gasteiger partial charge < -0.3 is 5.32 Å². The molecule has 13 heteroatoms. The van der Waals surface area contributed by atoms with Crippen LogP contribution in [0, 0.1) is 0 Å². The van der Waals surface area contributed by atoms with Crippen molar-refractivity contribution in [2.75, 3.05) is 12.3 Å². The van der Waals surface area contributed by atoms with Gasteiger partial charge in [-0.05, 0) is 55.7 Å². The van der Waals surface area contributed by atoms with E-state index in [2.05, 4.69) is 5.32 Å². The minimum atomic E-state index is -4.47. The third-order valence-electron chi connectivity index (χ3n) is 5.80. The highest BCUT2D eigenvalue weighted by Crippen LogP contribution is 2.31. The van der Waals surface area contributed by atoms with E-state index in [1.165, 1.54) is 50.2 Å². The second-order valence-electron chi connectivity index (χ2n) is 8.82. The molecule has 36 heavy (non-hydrogen) atoms. The third-order valence-corrected chi connectivity index (χ3v) is 7.56. The average molecular weight is 528 g/mol. The van der Waals surface area contributed by atoms with E-state index in [-0.39, 0.29) is 22.8 Å². The molecular weight excluding hydrogens is 503 g/mol. The van der Waals surface area contributed by atoms with Crippen LogP contribution >= 0.6 is 0 Å². The number of hydrogen-bond acceptors (Lipinski definition) is 6. The summed E-state index contributed by atoms with van der Waals surface area (Å²) in [7, 11) is -3.91. The van der Waals surface area contributed by atoms with Crippen LogP contribution in [0.1, 0.15) is 25.8 Å². The van der Waals surface area contributed by atoms with Crippen molar-refractivity contribution in [1.82, 2.24) is 15.3 Å². The predicted octanol–water partition coefficient (Wildman–Crippen LogP) is 3.08. The Morgan fingerprint density at radius 1 is 1.06 bits per heavy atom. The number of amides is 4. The van der Waals surface area contributed by atoms with E-state index in [9.17, 15) is 41.2 Å². The second-order valence-corrected chi connectivity index (χ2v) is 10.9. The van der Waals surface area contributed by atoms with Crippen LogP contribution < -0.4 is 5.32 Å². The number of nitrogens with one attached hydrogen (secondary N) is 1. The standard InChI is InChI=1S/C23H24F3N3O6S/c1-22(2)20(31)28(21(32)27-22)13-18(29(33)14-30)11-12-36(34,35)19-9-5-16(6-10-19)15-3-7-17(8-4-15)23(24,25)26/h3-10,14,18,33H,11-13H2,1-2H3,(H,27,32)/t18-/m1/s1. The molecule has 2 aromatic carbocycles. The van der Waals surface area contributed by atoms with Crippen LogP contribution in [-0.4, -0.2) is 65.8 Å². The van der Waals surface area contributed by atoms with E-state index in [1.54, 1.807) is 0 Å². The van der Waals surface area contributed by atoms with Gasteiger partial charge in [0, 0.05) is 0 Å². The van der Waals surface area contributed by atoms with Crippen LogP contribution in [0.5, 0.6) is 0 Å². The van der Waals surface area contributed by atoms with Gasteiger partial charge in [-0.3, -0.25) is 19.7 Å². The number of alkyl halides is 3. The lowest BCUT2D eigenvalue weighted by Gasteiger charge is -2.26. The maximum atomic E-state index is 12.8. The van der Waals surface area contributed by atoms with E-state index in [0.29, 0.717) is 11.1 Å². The molecule has 0 bridgehead atoms. The number of imide groups is 1.